The van der Waals surface area contributed by atoms with Crippen LogP contribution in [-0.2, 0) is 9.59 Å². The average Bonchev–Trinajstić information content (AvgIpc) is 2.04. The summed E-state index contributed by atoms with van der Waals surface area (Å²) in [4.78, 5) is 25.0. The van der Waals surface area contributed by atoms with Gasteiger partial charge in [-0.3, -0.25) is 9.59 Å². The minimum Gasteiger partial charge on any atom is -0.294 e. The van der Waals surface area contributed by atoms with Crippen molar-refractivity contribution in [2.24, 2.45) is 4.99 Å². The Hall–Kier alpha value is -1.25. The van der Waals surface area contributed by atoms with Crippen LogP contribution in [0, 0.1) is 0 Å². The van der Waals surface area contributed by atoms with Crippen molar-refractivity contribution in [1.82, 2.24) is 0 Å². The van der Waals surface area contributed by atoms with Gasteiger partial charge in [-0.05, 0) is 12.5 Å². The minimum absolute atomic E-state index is 0.122. The monoisotopic (exact) mass is 167 g/mol. The van der Waals surface area contributed by atoms with Crippen LogP contribution in [0.1, 0.15) is 26.2 Å². The third-order valence-electron chi connectivity index (χ3n) is 1.22. The zero-order valence-corrected chi connectivity index (χ0v) is 7.25. The fraction of sp³-hybridized carbons (Fsp3) is 0.444. The third kappa shape index (κ3) is 5.53. The van der Waals surface area contributed by atoms with Crippen molar-refractivity contribution >= 4 is 17.9 Å². The lowest BCUT2D eigenvalue weighted by Crippen LogP contribution is -1.96. The number of aliphatic imine (C=N–C) groups is 1. The summed E-state index contributed by atoms with van der Waals surface area (Å²) in [5.74, 6) is -0.294. The number of carbonyl (C=O) groups is 2. The Kier molecular flexibility index (Phi) is 5.79. The van der Waals surface area contributed by atoms with Crippen LogP contribution in [0.2, 0.25) is 0 Å². The highest BCUT2D eigenvalue weighted by Gasteiger charge is 1.95. The van der Waals surface area contributed by atoms with Crippen LogP contribution in [0.3, 0.4) is 0 Å². The molecule has 12 heavy (non-hydrogen) atoms. The first-order chi connectivity index (χ1) is 5.70. The Bertz CT molecular complexity index is 207. The molecule has 3 heteroatoms. The summed E-state index contributed by atoms with van der Waals surface area (Å²) in [5, 5.41) is 0. The summed E-state index contributed by atoms with van der Waals surface area (Å²) in [6.07, 6.45) is 3.95. The normalized spacial score (nSPS) is 10.1. The number of nitrogens with zero attached hydrogens (tertiary/aromatic N) is 1. The van der Waals surface area contributed by atoms with Crippen molar-refractivity contribution in [3.05, 3.63) is 12.7 Å². The second-order valence-electron chi connectivity index (χ2n) is 2.33. The summed E-state index contributed by atoms with van der Waals surface area (Å²) in [6.45, 7) is 5.20. The smallest absolute Gasteiger partial charge is 0.245 e. The van der Waals surface area contributed by atoms with Crippen LogP contribution < -0.4 is 0 Å². The molecule has 0 unspecified atom stereocenters. The maximum atomic E-state index is 10.8. The van der Waals surface area contributed by atoms with Gasteiger partial charge >= 0.3 is 0 Å². The van der Waals surface area contributed by atoms with E-state index in [1.807, 2.05) is 6.92 Å². The number of ketones is 1. The predicted molar refractivity (Wildman–Crippen MR) is 48.2 cm³/mol. The van der Waals surface area contributed by atoms with Crippen molar-refractivity contribution in [1.29, 1.82) is 0 Å². The molecule has 0 aliphatic heterocycles. The number of hydrogen-bond acceptors (Lipinski definition) is 2. The van der Waals surface area contributed by atoms with E-state index >= 15 is 0 Å². The molecule has 0 spiro atoms. The Morgan fingerprint density at radius 3 is 2.67 bits per heavy atom. The van der Waals surface area contributed by atoms with Crippen LogP contribution in [0.4, 0.5) is 0 Å². The van der Waals surface area contributed by atoms with Crippen molar-refractivity contribution < 1.29 is 9.59 Å². The molecule has 0 aromatic carbocycles. The van der Waals surface area contributed by atoms with Crippen molar-refractivity contribution in [2.45, 2.75) is 26.2 Å². The zero-order chi connectivity index (χ0) is 9.40. The van der Waals surface area contributed by atoms with E-state index in [1.165, 1.54) is 12.3 Å². The molecule has 0 saturated carbocycles. The predicted octanol–water partition coefficient (Wildman–Crippen LogP) is 1.53. The molecular formula is C9H13NO2. The second-order valence-corrected chi connectivity index (χ2v) is 2.33. The van der Waals surface area contributed by atoms with E-state index in [2.05, 4.69) is 11.6 Å². The largest absolute Gasteiger partial charge is 0.294 e. The lowest BCUT2D eigenvalue weighted by Gasteiger charge is -1.88. The van der Waals surface area contributed by atoms with Gasteiger partial charge in [0, 0.05) is 19.1 Å². The maximum absolute atomic E-state index is 10.8. The Morgan fingerprint density at radius 2 is 2.17 bits per heavy atom. The highest BCUT2D eigenvalue weighted by Crippen LogP contribution is 1.90. The number of amides is 1. The third-order valence-corrected chi connectivity index (χ3v) is 1.22. The fourth-order valence-electron chi connectivity index (χ4n) is 0.599. The minimum atomic E-state index is -0.172. The molecule has 1 amide bonds. The maximum Gasteiger partial charge on any atom is 0.245 e. The molecule has 3 nitrogen and oxygen atoms in total. The zero-order valence-electron chi connectivity index (χ0n) is 7.25. The van der Waals surface area contributed by atoms with E-state index in [0.29, 0.717) is 6.42 Å². The summed E-state index contributed by atoms with van der Waals surface area (Å²) in [7, 11) is 0. The summed E-state index contributed by atoms with van der Waals surface area (Å²) in [5.41, 5.74) is 0. The van der Waals surface area contributed by atoms with Gasteiger partial charge in [0.1, 0.15) is 0 Å². The molecule has 0 radical (unpaired) electrons. The topological polar surface area (TPSA) is 46.5 Å². The molecule has 0 saturated heterocycles. The average molecular weight is 167 g/mol. The van der Waals surface area contributed by atoms with E-state index in [4.69, 9.17) is 0 Å². The van der Waals surface area contributed by atoms with E-state index in [-0.39, 0.29) is 18.1 Å². The van der Waals surface area contributed by atoms with E-state index < -0.39 is 0 Å². The standard InChI is InChI=1S/C9H13NO2/c1-3-5-9(12)10-7-6-8(11)4-2/h4,7H,2-3,5-6H2,1H3. The van der Waals surface area contributed by atoms with Crippen molar-refractivity contribution in [2.75, 3.05) is 0 Å². The first-order valence-electron chi connectivity index (χ1n) is 3.91. The van der Waals surface area contributed by atoms with Crippen molar-refractivity contribution in [3.63, 3.8) is 0 Å². The Labute approximate surface area is 72.2 Å². The van der Waals surface area contributed by atoms with Gasteiger partial charge in [-0.1, -0.05) is 13.5 Å². The molecule has 0 aromatic heterocycles. The molecule has 0 aliphatic rings. The van der Waals surface area contributed by atoms with Gasteiger partial charge in [0.05, 0.1) is 0 Å². The molecule has 0 fully saturated rings. The number of carbonyl (C=O) groups excluding carboxylic acids is 2. The lowest BCUT2D eigenvalue weighted by molar-refractivity contribution is -0.117. The molecular weight excluding hydrogens is 154 g/mol. The highest BCUT2D eigenvalue weighted by molar-refractivity contribution is 6.00. The molecule has 0 aromatic rings. The Balaban J connectivity index is 3.68. The van der Waals surface area contributed by atoms with Gasteiger partial charge in [-0.25, -0.2) is 4.99 Å². The number of allylic oxidation sites excluding steroid dienone is 1. The molecule has 0 N–H and O–H groups in total. The summed E-state index contributed by atoms with van der Waals surface area (Å²) < 4.78 is 0. The van der Waals surface area contributed by atoms with Gasteiger partial charge < -0.3 is 0 Å². The first-order valence-corrected chi connectivity index (χ1v) is 3.91. The first kappa shape index (κ1) is 10.8. The molecule has 0 atom stereocenters. The number of hydrogen-bond donors (Lipinski definition) is 0. The van der Waals surface area contributed by atoms with Gasteiger partial charge in [0.25, 0.3) is 0 Å². The highest BCUT2D eigenvalue weighted by atomic mass is 16.1. The van der Waals surface area contributed by atoms with Crippen LogP contribution in [0.25, 0.3) is 0 Å². The Morgan fingerprint density at radius 1 is 1.50 bits per heavy atom. The van der Waals surface area contributed by atoms with Crippen LogP contribution in [0.15, 0.2) is 17.6 Å². The quantitative estimate of drug-likeness (QED) is 0.460. The van der Waals surface area contributed by atoms with E-state index in [0.717, 1.165) is 6.42 Å². The molecule has 0 heterocycles. The van der Waals surface area contributed by atoms with Gasteiger partial charge in [-0.2, -0.15) is 0 Å². The SMILES string of the molecule is C=CC(=O)CC=NC(=O)CCC. The van der Waals surface area contributed by atoms with Crippen LogP contribution >= 0.6 is 0 Å². The van der Waals surface area contributed by atoms with Crippen LogP contribution in [-0.4, -0.2) is 17.9 Å². The molecule has 0 bridgehead atoms. The van der Waals surface area contributed by atoms with Crippen LogP contribution in [0.5, 0.6) is 0 Å². The second kappa shape index (κ2) is 6.46. The van der Waals surface area contributed by atoms with Gasteiger partial charge in [0.15, 0.2) is 5.78 Å². The fourth-order valence-corrected chi connectivity index (χ4v) is 0.599. The van der Waals surface area contributed by atoms with E-state index in [9.17, 15) is 9.59 Å². The lowest BCUT2D eigenvalue weighted by atomic mass is 10.3. The molecule has 0 aliphatic carbocycles. The van der Waals surface area contributed by atoms with Gasteiger partial charge in [0.2, 0.25) is 5.91 Å². The summed E-state index contributed by atoms with van der Waals surface area (Å²) >= 11 is 0. The number of rotatable bonds is 5. The van der Waals surface area contributed by atoms with Crippen molar-refractivity contribution in [3.8, 4) is 0 Å². The molecule has 66 valence electrons. The van der Waals surface area contributed by atoms with Gasteiger partial charge in [-0.15, -0.1) is 0 Å². The van der Waals surface area contributed by atoms with E-state index in [1.54, 1.807) is 0 Å². The summed E-state index contributed by atoms with van der Waals surface area (Å²) in [6, 6.07) is 0. The molecule has 0 rings (SSSR count).